The van der Waals surface area contributed by atoms with Crippen molar-refractivity contribution in [2.75, 3.05) is 6.54 Å². The van der Waals surface area contributed by atoms with Crippen LogP contribution in [0.2, 0.25) is 0 Å². The van der Waals surface area contributed by atoms with Gasteiger partial charge in [0.25, 0.3) is 0 Å². The van der Waals surface area contributed by atoms with E-state index in [1.54, 1.807) is 11.6 Å². The summed E-state index contributed by atoms with van der Waals surface area (Å²) in [5.74, 6) is -0.910. The molecule has 0 aromatic carbocycles. The Morgan fingerprint density at radius 2 is 2.20 bits per heavy atom. The first-order valence-electron chi connectivity index (χ1n) is 6.60. The second-order valence-electron chi connectivity index (χ2n) is 4.81. The third-order valence-corrected chi connectivity index (χ3v) is 3.15. The number of carboxylic acid groups (broad SMARTS) is 1. The lowest BCUT2D eigenvalue weighted by atomic mass is 10.2. The van der Waals surface area contributed by atoms with Crippen molar-refractivity contribution in [3.8, 4) is 0 Å². The third kappa shape index (κ3) is 4.25. The third-order valence-electron chi connectivity index (χ3n) is 3.15. The second-order valence-corrected chi connectivity index (χ2v) is 4.81. The summed E-state index contributed by atoms with van der Waals surface area (Å²) in [5.41, 5.74) is 1.82. The van der Waals surface area contributed by atoms with E-state index < -0.39 is 5.97 Å². The van der Waals surface area contributed by atoms with Gasteiger partial charge in [-0.1, -0.05) is 0 Å². The van der Waals surface area contributed by atoms with E-state index in [1.807, 2.05) is 27.1 Å². The molecule has 0 spiro atoms. The van der Waals surface area contributed by atoms with E-state index in [2.05, 4.69) is 10.4 Å². The van der Waals surface area contributed by atoms with Gasteiger partial charge < -0.3 is 15.3 Å². The zero-order valence-corrected chi connectivity index (χ0v) is 12.4. The number of aliphatic carboxylic acids is 1. The Morgan fingerprint density at radius 3 is 2.65 bits per heavy atom. The molecule has 112 valence electrons. The normalized spacial score (nSPS) is 12.0. The van der Waals surface area contributed by atoms with Gasteiger partial charge in [0.15, 0.2) is 0 Å². The molecule has 20 heavy (non-hydrogen) atoms. The number of aromatic nitrogens is 2. The van der Waals surface area contributed by atoms with E-state index in [4.69, 9.17) is 5.11 Å². The van der Waals surface area contributed by atoms with E-state index in [0.29, 0.717) is 13.1 Å². The van der Waals surface area contributed by atoms with Crippen LogP contribution in [0.5, 0.6) is 0 Å². The van der Waals surface area contributed by atoms with Gasteiger partial charge >= 0.3 is 12.0 Å². The fourth-order valence-electron chi connectivity index (χ4n) is 2.11. The van der Waals surface area contributed by atoms with Crippen molar-refractivity contribution in [1.29, 1.82) is 0 Å². The van der Waals surface area contributed by atoms with Crippen LogP contribution in [0.25, 0.3) is 0 Å². The number of nitrogens with one attached hydrogen (secondary N) is 1. The van der Waals surface area contributed by atoms with Crippen LogP contribution in [0.3, 0.4) is 0 Å². The molecule has 1 rings (SSSR count). The predicted molar refractivity (Wildman–Crippen MR) is 74.3 cm³/mol. The molecule has 0 fully saturated rings. The minimum absolute atomic E-state index is 0.0623. The molecule has 0 aliphatic carbocycles. The second kappa shape index (κ2) is 6.93. The molecule has 1 aromatic heterocycles. The molecule has 1 aromatic rings. The summed E-state index contributed by atoms with van der Waals surface area (Å²) in [7, 11) is 1.83. The molecule has 7 heteroatoms. The van der Waals surface area contributed by atoms with Crippen LogP contribution in [-0.2, 0) is 18.4 Å². The maximum absolute atomic E-state index is 12.1. The van der Waals surface area contributed by atoms with Gasteiger partial charge in [-0.25, -0.2) is 4.79 Å². The molecular formula is C13H22N4O3. The lowest BCUT2D eigenvalue weighted by molar-refractivity contribution is -0.138. The molecule has 0 bridgehead atoms. The van der Waals surface area contributed by atoms with Crippen LogP contribution in [-0.4, -0.2) is 44.4 Å². The average Bonchev–Trinajstić information content (AvgIpc) is 2.65. The van der Waals surface area contributed by atoms with Gasteiger partial charge in [-0.3, -0.25) is 9.48 Å². The molecule has 1 atom stereocenters. The Bertz CT molecular complexity index is 484. The highest BCUT2D eigenvalue weighted by atomic mass is 16.4. The van der Waals surface area contributed by atoms with Crippen LogP contribution in [0.4, 0.5) is 4.79 Å². The maximum atomic E-state index is 12.1. The number of hydrogen-bond acceptors (Lipinski definition) is 3. The molecule has 0 radical (unpaired) electrons. The summed E-state index contributed by atoms with van der Waals surface area (Å²) in [6.45, 7) is 6.28. The first kappa shape index (κ1) is 16.0. The Labute approximate surface area is 118 Å². The highest BCUT2D eigenvalue weighted by Gasteiger charge is 2.20. The zero-order chi connectivity index (χ0) is 15.3. The highest BCUT2D eigenvalue weighted by molar-refractivity contribution is 5.75. The fourth-order valence-corrected chi connectivity index (χ4v) is 2.11. The first-order valence-corrected chi connectivity index (χ1v) is 6.60. The number of hydrogen-bond donors (Lipinski definition) is 2. The van der Waals surface area contributed by atoms with Crippen molar-refractivity contribution in [2.24, 2.45) is 7.05 Å². The zero-order valence-electron chi connectivity index (χ0n) is 12.4. The largest absolute Gasteiger partial charge is 0.481 e. The summed E-state index contributed by atoms with van der Waals surface area (Å²) in [6, 6.07) is -0.600. The summed E-state index contributed by atoms with van der Waals surface area (Å²) < 4.78 is 1.70. The Morgan fingerprint density at radius 1 is 1.55 bits per heavy atom. The molecule has 0 saturated heterocycles. The quantitative estimate of drug-likeness (QED) is 0.818. The number of rotatable bonds is 6. The summed E-state index contributed by atoms with van der Waals surface area (Å²) in [6.07, 6.45) is 1.79. The van der Waals surface area contributed by atoms with Crippen LogP contribution < -0.4 is 5.32 Å². The van der Waals surface area contributed by atoms with Crippen molar-refractivity contribution in [2.45, 2.75) is 39.8 Å². The van der Waals surface area contributed by atoms with Gasteiger partial charge in [0.2, 0.25) is 0 Å². The Hall–Kier alpha value is -2.05. The van der Waals surface area contributed by atoms with Crippen molar-refractivity contribution >= 4 is 12.0 Å². The fraction of sp³-hybridized carbons (Fsp3) is 0.615. The summed E-state index contributed by atoms with van der Waals surface area (Å²) in [5, 5.41) is 15.8. The highest BCUT2D eigenvalue weighted by Crippen LogP contribution is 2.07. The van der Waals surface area contributed by atoms with Gasteiger partial charge in [0, 0.05) is 37.9 Å². The van der Waals surface area contributed by atoms with E-state index >= 15 is 0 Å². The van der Waals surface area contributed by atoms with Crippen LogP contribution in [0.15, 0.2) is 6.20 Å². The standard InChI is InChI=1S/C13H22N4O3/c1-5-17(9(2)6-12(18)19)13(20)14-7-11-8-16(4)15-10(11)3/h8-9H,5-7H2,1-4H3,(H,14,20)(H,18,19). The van der Waals surface area contributed by atoms with Gasteiger partial charge in [-0.05, 0) is 20.8 Å². The number of nitrogens with zero attached hydrogens (tertiary/aromatic N) is 3. The number of carbonyl (C=O) groups excluding carboxylic acids is 1. The molecule has 0 aliphatic rings. The number of amides is 2. The number of aryl methyl sites for hydroxylation is 2. The molecule has 0 aliphatic heterocycles. The van der Waals surface area contributed by atoms with E-state index in [-0.39, 0.29) is 18.5 Å². The van der Waals surface area contributed by atoms with E-state index in [1.165, 1.54) is 4.90 Å². The monoisotopic (exact) mass is 282 g/mol. The summed E-state index contributed by atoms with van der Waals surface area (Å²) in [4.78, 5) is 24.3. The molecule has 1 heterocycles. The first-order chi connectivity index (χ1) is 9.35. The minimum Gasteiger partial charge on any atom is -0.481 e. The van der Waals surface area contributed by atoms with Crippen molar-refractivity contribution in [3.05, 3.63) is 17.5 Å². The van der Waals surface area contributed by atoms with Gasteiger partial charge in [-0.15, -0.1) is 0 Å². The Balaban J connectivity index is 2.59. The molecular weight excluding hydrogens is 260 g/mol. The predicted octanol–water partition coefficient (Wildman–Crippen LogP) is 1.12. The average molecular weight is 282 g/mol. The van der Waals surface area contributed by atoms with Crippen molar-refractivity contribution < 1.29 is 14.7 Å². The maximum Gasteiger partial charge on any atom is 0.317 e. The molecule has 2 N–H and O–H groups in total. The van der Waals surface area contributed by atoms with Gasteiger partial charge in [0.1, 0.15) is 0 Å². The van der Waals surface area contributed by atoms with Gasteiger partial charge in [0.05, 0.1) is 12.1 Å². The van der Waals surface area contributed by atoms with Crippen LogP contribution in [0, 0.1) is 6.92 Å². The number of urea groups is 1. The molecule has 2 amide bonds. The van der Waals surface area contributed by atoms with Crippen molar-refractivity contribution in [1.82, 2.24) is 20.0 Å². The lowest BCUT2D eigenvalue weighted by Gasteiger charge is -2.27. The van der Waals surface area contributed by atoms with E-state index in [0.717, 1.165) is 11.3 Å². The van der Waals surface area contributed by atoms with Crippen molar-refractivity contribution in [3.63, 3.8) is 0 Å². The smallest absolute Gasteiger partial charge is 0.317 e. The Kier molecular flexibility index (Phi) is 5.54. The minimum atomic E-state index is -0.910. The number of carbonyl (C=O) groups is 2. The van der Waals surface area contributed by atoms with Gasteiger partial charge in [-0.2, -0.15) is 5.10 Å². The molecule has 1 unspecified atom stereocenters. The SMILES string of the molecule is CCN(C(=O)NCc1cn(C)nc1C)C(C)CC(=O)O. The number of carboxylic acids is 1. The molecule has 0 saturated carbocycles. The van der Waals surface area contributed by atoms with Crippen LogP contribution in [0.1, 0.15) is 31.5 Å². The lowest BCUT2D eigenvalue weighted by Crippen LogP contribution is -2.45. The molecule has 7 nitrogen and oxygen atoms in total. The topological polar surface area (TPSA) is 87.5 Å². The van der Waals surface area contributed by atoms with E-state index in [9.17, 15) is 9.59 Å². The summed E-state index contributed by atoms with van der Waals surface area (Å²) >= 11 is 0. The van der Waals surface area contributed by atoms with Crippen LogP contribution >= 0.6 is 0 Å².